The summed E-state index contributed by atoms with van der Waals surface area (Å²) in [6.07, 6.45) is 3.95. The van der Waals surface area contributed by atoms with Gasteiger partial charge in [0, 0.05) is 5.56 Å². The summed E-state index contributed by atoms with van der Waals surface area (Å²) in [7, 11) is 0. The van der Waals surface area contributed by atoms with Crippen LogP contribution in [-0.4, -0.2) is 17.0 Å². The molecule has 1 fully saturated rings. The number of hydrogen-bond acceptors (Lipinski definition) is 2. The van der Waals surface area contributed by atoms with Gasteiger partial charge in [-0.05, 0) is 24.5 Å². The fourth-order valence-corrected chi connectivity index (χ4v) is 2.87. The molecule has 0 spiro atoms. The van der Waals surface area contributed by atoms with E-state index >= 15 is 0 Å². The number of rotatable bonds is 3. The lowest BCUT2D eigenvalue weighted by Crippen LogP contribution is -2.39. The molecular weight excluding hydrogens is 230 g/mol. The molecule has 3 N–H and O–H groups in total. The first-order chi connectivity index (χ1) is 8.58. The predicted octanol–water partition coefficient (Wildman–Crippen LogP) is 2.07. The summed E-state index contributed by atoms with van der Waals surface area (Å²) in [4.78, 5) is 23.2. The van der Waals surface area contributed by atoms with Gasteiger partial charge in [-0.15, -0.1) is 0 Å². The van der Waals surface area contributed by atoms with Crippen LogP contribution >= 0.6 is 0 Å². The highest BCUT2D eigenvalue weighted by molar-refractivity contribution is 5.97. The number of carboxylic acid groups (broad SMARTS) is 1. The molecule has 1 aromatic rings. The molecule has 96 valence electrons. The van der Waals surface area contributed by atoms with Gasteiger partial charge >= 0.3 is 5.97 Å². The van der Waals surface area contributed by atoms with Crippen LogP contribution in [-0.2, 0) is 10.2 Å². The maximum Gasteiger partial charge on any atom is 0.314 e. The Morgan fingerprint density at radius 1 is 1.11 bits per heavy atom. The van der Waals surface area contributed by atoms with E-state index in [9.17, 15) is 14.7 Å². The molecule has 1 aliphatic carbocycles. The highest BCUT2D eigenvalue weighted by atomic mass is 16.4. The molecule has 1 aliphatic rings. The predicted molar refractivity (Wildman–Crippen MR) is 67.4 cm³/mol. The van der Waals surface area contributed by atoms with E-state index in [-0.39, 0.29) is 0 Å². The molecular formula is C14H17NO3. The second-order valence-electron chi connectivity index (χ2n) is 4.86. The van der Waals surface area contributed by atoms with Gasteiger partial charge in [0.1, 0.15) is 0 Å². The number of carbonyl (C=O) groups excluding carboxylic acids is 1. The Morgan fingerprint density at radius 2 is 1.72 bits per heavy atom. The zero-order chi connectivity index (χ0) is 13.2. The second kappa shape index (κ2) is 4.80. The van der Waals surface area contributed by atoms with E-state index in [1.165, 1.54) is 0 Å². The molecule has 0 aromatic heterocycles. The van der Waals surface area contributed by atoms with Gasteiger partial charge in [0.25, 0.3) is 0 Å². The Hall–Kier alpha value is -1.84. The van der Waals surface area contributed by atoms with Crippen molar-refractivity contribution in [3.8, 4) is 0 Å². The van der Waals surface area contributed by atoms with Gasteiger partial charge < -0.3 is 10.8 Å². The Kier molecular flexibility index (Phi) is 3.36. The summed E-state index contributed by atoms with van der Waals surface area (Å²) in [5.74, 6) is -1.41. The molecule has 4 nitrogen and oxygen atoms in total. The molecule has 2 rings (SSSR count). The topological polar surface area (TPSA) is 80.4 Å². The Morgan fingerprint density at radius 3 is 2.28 bits per heavy atom. The van der Waals surface area contributed by atoms with E-state index in [1.807, 2.05) is 0 Å². The summed E-state index contributed by atoms with van der Waals surface area (Å²) in [5.41, 5.74) is 5.32. The third-order valence-electron chi connectivity index (χ3n) is 3.82. The van der Waals surface area contributed by atoms with Crippen LogP contribution in [0.1, 0.15) is 48.0 Å². The Bertz CT molecular complexity index is 476. The molecule has 18 heavy (non-hydrogen) atoms. The van der Waals surface area contributed by atoms with Crippen LogP contribution in [0.5, 0.6) is 0 Å². The molecule has 0 atom stereocenters. The van der Waals surface area contributed by atoms with Crippen molar-refractivity contribution >= 4 is 11.9 Å². The van der Waals surface area contributed by atoms with Crippen molar-refractivity contribution in [2.24, 2.45) is 5.73 Å². The van der Waals surface area contributed by atoms with Crippen molar-refractivity contribution < 1.29 is 14.7 Å². The average Bonchev–Trinajstić information content (AvgIpc) is 2.39. The molecule has 0 saturated heterocycles. The molecule has 0 heterocycles. The van der Waals surface area contributed by atoms with E-state index in [4.69, 9.17) is 5.73 Å². The molecule has 0 bridgehead atoms. The van der Waals surface area contributed by atoms with Crippen molar-refractivity contribution in [1.82, 2.24) is 0 Å². The first-order valence-electron chi connectivity index (χ1n) is 6.20. The van der Waals surface area contributed by atoms with E-state index in [0.717, 1.165) is 19.3 Å². The van der Waals surface area contributed by atoms with Crippen LogP contribution in [0, 0.1) is 0 Å². The normalized spacial score (nSPS) is 18.2. The minimum absolute atomic E-state index is 0.335. The van der Waals surface area contributed by atoms with Crippen LogP contribution in [0.4, 0.5) is 0 Å². The van der Waals surface area contributed by atoms with Gasteiger partial charge in [0.15, 0.2) is 0 Å². The van der Waals surface area contributed by atoms with Crippen LogP contribution in [0.2, 0.25) is 0 Å². The number of carboxylic acids is 1. The number of carbonyl (C=O) groups is 2. The van der Waals surface area contributed by atoms with Crippen molar-refractivity contribution in [2.75, 3.05) is 0 Å². The third kappa shape index (κ3) is 1.98. The zero-order valence-electron chi connectivity index (χ0n) is 10.2. The lowest BCUT2D eigenvalue weighted by Gasteiger charge is -2.34. The number of benzene rings is 1. The van der Waals surface area contributed by atoms with Crippen molar-refractivity contribution in [2.45, 2.75) is 37.5 Å². The first kappa shape index (κ1) is 12.6. The summed E-state index contributed by atoms with van der Waals surface area (Å²) in [5, 5.41) is 9.60. The maximum absolute atomic E-state index is 11.7. The smallest absolute Gasteiger partial charge is 0.314 e. The monoisotopic (exact) mass is 247 g/mol. The van der Waals surface area contributed by atoms with E-state index in [1.54, 1.807) is 24.3 Å². The quantitative estimate of drug-likeness (QED) is 0.858. The van der Waals surface area contributed by atoms with Crippen LogP contribution in [0.3, 0.4) is 0 Å². The Labute approximate surface area is 106 Å². The van der Waals surface area contributed by atoms with Gasteiger partial charge in [0.2, 0.25) is 5.91 Å². The van der Waals surface area contributed by atoms with E-state index in [2.05, 4.69) is 0 Å². The largest absolute Gasteiger partial charge is 0.481 e. The number of amides is 1. The van der Waals surface area contributed by atoms with Crippen LogP contribution < -0.4 is 5.73 Å². The molecule has 1 amide bonds. The van der Waals surface area contributed by atoms with Gasteiger partial charge in [-0.3, -0.25) is 9.59 Å². The number of aliphatic carboxylic acids is 1. The second-order valence-corrected chi connectivity index (χ2v) is 4.86. The molecule has 0 unspecified atom stereocenters. The Balaban J connectivity index is 2.55. The highest BCUT2D eigenvalue weighted by Gasteiger charge is 2.43. The van der Waals surface area contributed by atoms with Crippen LogP contribution in [0.25, 0.3) is 0 Å². The van der Waals surface area contributed by atoms with E-state index in [0.29, 0.717) is 24.0 Å². The average molecular weight is 247 g/mol. The van der Waals surface area contributed by atoms with E-state index < -0.39 is 17.3 Å². The first-order valence-corrected chi connectivity index (χ1v) is 6.20. The van der Waals surface area contributed by atoms with Gasteiger partial charge in [0.05, 0.1) is 5.41 Å². The summed E-state index contributed by atoms with van der Waals surface area (Å²) in [6.45, 7) is 0. The SMILES string of the molecule is NC(=O)c1ccccc1C1(C(=O)O)CCCCC1. The highest BCUT2D eigenvalue weighted by Crippen LogP contribution is 2.41. The van der Waals surface area contributed by atoms with Crippen molar-refractivity contribution in [3.63, 3.8) is 0 Å². The lowest BCUT2D eigenvalue weighted by atomic mass is 9.68. The minimum atomic E-state index is -0.941. The summed E-state index contributed by atoms with van der Waals surface area (Å²) >= 11 is 0. The maximum atomic E-state index is 11.7. The lowest BCUT2D eigenvalue weighted by molar-refractivity contribution is -0.145. The minimum Gasteiger partial charge on any atom is -0.481 e. The van der Waals surface area contributed by atoms with Gasteiger partial charge in [-0.25, -0.2) is 0 Å². The van der Waals surface area contributed by atoms with Crippen molar-refractivity contribution in [1.29, 1.82) is 0 Å². The molecule has 0 radical (unpaired) electrons. The number of nitrogens with two attached hydrogens (primary N) is 1. The van der Waals surface area contributed by atoms with Crippen molar-refractivity contribution in [3.05, 3.63) is 35.4 Å². The van der Waals surface area contributed by atoms with Crippen LogP contribution in [0.15, 0.2) is 24.3 Å². The fourth-order valence-electron chi connectivity index (χ4n) is 2.87. The third-order valence-corrected chi connectivity index (χ3v) is 3.82. The number of hydrogen-bond donors (Lipinski definition) is 2. The fraction of sp³-hybridized carbons (Fsp3) is 0.429. The standard InChI is InChI=1S/C14H17NO3/c15-12(16)10-6-2-3-7-11(10)14(13(17)18)8-4-1-5-9-14/h2-3,6-7H,1,4-5,8-9H2,(H2,15,16)(H,17,18). The van der Waals surface area contributed by atoms with Gasteiger partial charge in [-0.1, -0.05) is 37.5 Å². The molecule has 1 saturated carbocycles. The zero-order valence-corrected chi connectivity index (χ0v) is 10.2. The summed E-state index contributed by atoms with van der Waals surface area (Å²) < 4.78 is 0. The summed E-state index contributed by atoms with van der Waals surface area (Å²) in [6, 6.07) is 6.81. The molecule has 0 aliphatic heterocycles. The van der Waals surface area contributed by atoms with Gasteiger partial charge in [-0.2, -0.15) is 0 Å². The number of primary amides is 1. The molecule has 1 aromatic carbocycles. The molecule has 4 heteroatoms.